The van der Waals surface area contributed by atoms with Crippen molar-refractivity contribution in [2.75, 3.05) is 26.2 Å². The normalized spacial score (nSPS) is 27.2. The highest BCUT2D eigenvalue weighted by Gasteiger charge is 2.38. The van der Waals surface area contributed by atoms with Crippen LogP contribution in [0, 0.1) is 11.8 Å². The van der Waals surface area contributed by atoms with Crippen molar-refractivity contribution in [1.29, 1.82) is 0 Å². The van der Waals surface area contributed by atoms with Gasteiger partial charge in [0, 0.05) is 31.7 Å². The lowest BCUT2D eigenvalue weighted by Crippen LogP contribution is -2.31. The molecule has 2 N–H and O–H groups in total. The Kier molecular flexibility index (Phi) is 2.52. The first-order valence-corrected chi connectivity index (χ1v) is 6.03. The Morgan fingerprint density at radius 3 is 2.35 bits per heavy atom. The van der Waals surface area contributed by atoms with E-state index in [1.54, 1.807) is 24.3 Å². The minimum atomic E-state index is 0.0828. The second-order valence-corrected chi connectivity index (χ2v) is 4.94. The Morgan fingerprint density at radius 2 is 1.76 bits per heavy atom. The molecule has 0 spiro atoms. The van der Waals surface area contributed by atoms with Crippen LogP contribution < -0.4 is 5.32 Å². The van der Waals surface area contributed by atoms with E-state index >= 15 is 0 Å². The molecule has 4 nitrogen and oxygen atoms in total. The fourth-order valence-corrected chi connectivity index (χ4v) is 2.81. The molecule has 90 valence electrons. The van der Waals surface area contributed by atoms with Crippen molar-refractivity contribution in [2.45, 2.75) is 0 Å². The number of phenolic OH excluding ortho intramolecular Hbond substituents is 1. The van der Waals surface area contributed by atoms with E-state index < -0.39 is 0 Å². The van der Waals surface area contributed by atoms with E-state index in [2.05, 4.69) is 5.32 Å². The lowest BCUT2D eigenvalue weighted by molar-refractivity contribution is 0.0781. The highest BCUT2D eigenvalue weighted by Crippen LogP contribution is 2.27. The van der Waals surface area contributed by atoms with Crippen LogP contribution in [0.25, 0.3) is 0 Å². The summed E-state index contributed by atoms with van der Waals surface area (Å²) in [7, 11) is 0. The highest BCUT2D eigenvalue weighted by atomic mass is 16.3. The third-order valence-electron chi connectivity index (χ3n) is 3.79. The average molecular weight is 232 g/mol. The van der Waals surface area contributed by atoms with Crippen LogP contribution in [0.2, 0.25) is 0 Å². The molecule has 0 unspecified atom stereocenters. The zero-order valence-corrected chi connectivity index (χ0v) is 9.60. The second-order valence-electron chi connectivity index (χ2n) is 4.94. The minimum Gasteiger partial charge on any atom is -0.508 e. The smallest absolute Gasteiger partial charge is 0.253 e. The van der Waals surface area contributed by atoms with Crippen molar-refractivity contribution in [3.63, 3.8) is 0 Å². The molecule has 0 bridgehead atoms. The predicted molar refractivity (Wildman–Crippen MR) is 63.9 cm³/mol. The summed E-state index contributed by atoms with van der Waals surface area (Å²) in [6.07, 6.45) is 0. The number of fused-ring (bicyclic) bond motifs is 1. The molecule has 3 rings (SSSR count). The van der Waals surface area contributed by atoms with Gasteiger partial charge < -0.3 is 15.3 Å². The zero-order chi connectivity index (χ0) is 11.8. The van der Waals surface area contributed by atoms with Gasteiger partial charge >= 0.3 is 0 Å². The molecular formula is C13H16N2O2. The van der Waals surface area contributed by atoms with Crippen molar-refractivity contribution in [3.8, 4) is 5.75 Å². The Labute approximate surface area is 100 Å². The first-order chi connectivity index (χ1) is 8.24. The largest absolute Gasteiger partial charge is 0.508 e. The van der Waals surface area contributed by atoms with Crippen molar-refractivity contribution in [2.24, 2.45) is 11.8 Å². The number of hydrogen-bond acceptors (Lipinski definition) is 3. The SMILES string of the molecule is O=C(c1ccc(O)cc1)N1C[C@H]2CNC[C@H]2C1. The Morgan fingerprint density at radius 1 is 1.18 bits per heavy atom. The fourth-order valence-electron chi connectivity index (χ4n) is 2.81. The van der Waals surface area contributed by atoms with Crippen LogP contribution in [0.4, 0.5) is 0 Å². The third kappa shape index (κ3) is 1.89. The number of nitrogens with one attached hydrogen (secondary N) is 1. The molecule has 2 aliphatic rings. The van der Waals surface area contributed by atoms with Crippen molar-refractivity contribution in [1.82, 2.24) is 10.2 Å². The molecule has 1 amide bonds. The summed E-state index contributed by atoms with van der Waals surface area (Å²) in [5.74, 6) is 1.52. The number of phenols is 1. The van der Waals surface area contributed by atoms with E-state index in [-0.39, 0.29) is 11.7 Å². The number of aromatic hydroxyl groups is 1. The summed E-state index contributed by atoms with van der Waals surface area (Å²) in [5.41, 5.74) is 0.663. The van der Waals surface area contributed by atoms with Crippen LogP contribution in [-0.2, 0) is 0 Å². The van der Waals surface area contributed by atoms with Gasteiger partial charge in [0.2, 0.25) is 0 Å². The van der Waals surface area contributed by atoms with Crippen LogP contribution in [0.5, 0.6) is 5.75 Å². The van der Waals surface area contributed by atoms with Crippen molar-refractivity contribution >= 4 is 5.91 Å². The summed E-state index contributed by atoms with van der Waals surface area (Å²) in [6.45, 7) is 3.78. The summed E-state index contributed by atoms with van der Waals surface area (Å²) < 4.78 is 0. The van der Waals surface area contributed by atoms with Crippen LogP contribution in [0.1, 0.15) is 10.4 Å². The molecule has 0 saturated carbocycles. The fraction of sp³-hybridized carbons (Fsp3) is 0.462. The van der Waals surface area contributed by atoms with Crippen LogP contribution in [0.3, 0.4) is 0 Å². The number of carbonyl (C=O) groups is 1. The first kappa shape index (κ1) is 10.6. The van der Waals surface area contributed by atoms with Gasteiger partial charge in [0.05, 0.1) is 0 Å². The molecule has 17 heavy (non-hydrogen) atoms. The molecule has 1 aromatic rings. The molecule has 0 aliphatic carbocycles. The maximum Gasteiger partial charge on any atom is 0.253 e. The molecule has 2 atom stereocenters. The summed E-state index contributed by atoms with van der Waals surface area (Å²) in [4.78, 5) is 14.1. The molecule has 1 aromatic carbocycles. The highest BCUT2D eigenvalue weighted by molar-refractivity contribution is 5.94. The molecule has 0 radical (unpaired) electrons. The molecule has 0 aromatic heterocycles. The number of amides is 1. The summed E-state index contributed by atoms with van der Waals surface area (Å²) in [5, 5.41) is 12.6. The predicted octanol–water partition coefficient (Wildman–Crippen LogP) is 0.684. The van der Waals surface area contributed by atoms with Crippen molar-refractivity contribution < 1.29 is 9.90 Å². The van der Waals surface area contributed by atoms with Gasteiger partial charge in [-0.25, -0.2) is 0 Å². The molecule has 2 aliphatic heterocycles. The van der Waals surface area contributed by atoms with Gasteiger partial charge in [-0.15, -0.1) is 0 Å². The van der Waals surface area contributed by atoms with Gasteiger partial charge in [-0.2, -0.15) is 0 Å². The van der Waals surface area contributed by atoms with Crippen molar-refractivity contribution in [3.05, 3.63) is 29.8 Å². The maximum atomic E-state index is 12.2. The average Bonchev–Trinajstić information content (AvgIpc) is 2.89. The van der Waals surface area contributed by atoms with E-state index in [4.69, 9.17) is 0 Å². The van der Waals surface area contributed by atoms with Crippen LogP contribution in [-0.4, -0.2) is 42.1 Å². The van der Waals surface area contributed by atoms with E-state index in [1.807, 2.05) is 4.90 Å². The molecule has 2 fully saturated rings. The maximum absolute atomic E-state index is 12.2. The molecule has 4 heteroatoms. The van der Waals surface area contributed by atoms with Crippen LogP contribution in [0.15, 0.2) is 24.3 Å². The van der Waals surface area contributed by atoms with E-state index in [0.717, 1.165) is 26.2 Å². The molecule has 2 saturated heterocycles. The Balaban J connectivity index is 1.73. The Bertz CT molecular complexity index is 418. The van der Waals surface area contributed by atoms with Gasteiger partial charge in [-0.05, 0) is 36.1 Å². The van der Waals surface area contributed by atoms with E-state index in [0.29, 0.717) is 17.4 Å². The number of carbonyl (C=O) groups excluding carboxylic acids is 1. The monoisotopic (exact) mass is 232 g/mol. The van der Waals surface area contributed by atoms with Gasteiger partial charge in [0.15, 0.2) is 0 Å². The topological polar surface area (TPSA) is 52.6 Å². The molecular weight excluding hydrogens is 216 g/mol. The quantitative estimate of drug-likeness (QED) is 0.749. The lowest BCUT2D eigenvalue weighted by Gasteiger charge is -2.17. The standard InChI is InChI=1S/C13H16N2O2/c16-12-3-1-9(2-4-12)13(17)15-7-10-5-14-6-11(10)8-15/h1-4,10-11,14,16H,5-8H2/t10-,11+. The van der Waals surface area contributed by atoms with E-state index in [9.17, 15) is 9.90 Å². The van der Waals surface area contributed by atoms with E-state index in [1.165, 1.54) is 0 Å². The third-order valence-corrected chi connectivity index (χ3v) is 3.79. The zero-order valence-electron chi connectivity index (χ0n) is 9.60. The lowest BCUT2D eigenvalue weighted by atomic mass is 10.0. The number of likely N-dealkylation sites (tertiary alicyclic amines) is 1. The second kappa shape index (κ2) is 4.04. The van der Waals surface area contributed by atoms with Crippen LogP contribution >= 0.6 is 0 Å². The van der Waals surface area contributed by atoms with Gasteiger partial charge in [-0.1, -0.05) is 0 Å². The number of benzene rings is 1. The molecule has 2 heterocycles. The van der Waals surface area contributed by atoms with Gasteiger partial charge in [-0.3, -0.25) is 4.79 Å². The summed E-state index contributed by atoms with van der Waals surface area (Å²) in [6, 6.07) is 6.49. The number of rotatable bonds is 1. The van der Waals surface area contributed by atoms with Gasteiger partial charge in [0.1, 0.15) is 5.75 Å². The number of hydrogen-bond donors (Lipinski definition) is 2. The number of nitrogens with zero attached hydrogens (tertiary/aromatic N) is 1. The first-order valence-electron chi connectivity index (χ1n) is 6.03. The van der Waals surface area contributed by atoms with Gasteiger partial charge in [0.25, 0.3) is 5.91 Å². The minimum absolute atomic E-state index is 0.0828. The summed E-state index contributed by atoms with van der Waals surface area (Å²) >= 11 is 0. The Hall–Kier alpha value is -1.55.